The summed E-state index contributed by atoms with van der Waals surface area (Å²) in [6, 6.07) is 26.9. The minimum absolute atomic E-state index is 0.0340. The van der Waals surface area contributed by atoms with Crippen LogP contribution in [0.2, 0.25) is 0 Å². The Morgan fingerprint density at radius 2 is 1.64 bits per heavy atom. The largest absolute Gasteiger partial charge is 0.356 e. The number of carbonyl (C=O) groups excluding carboxylic acids is 3. The Bertz CT molecular complexity index is 1880. The third-order valence-electron chi connectivity index (χ3n) is 8.23. The molecule has 42 heavy (non-hydrogen) atoms. The fourth-order valence-electron chi connectivity index (χ4n) is 6.16. The van der Waals surface area contributed by atoms with Crippen molar-refractivity contribution in [2.75, 3.05) is 4.90 Å². The van der Waals surface area contributed by atoms with Gasteiger partial charge in [-0.2, -0.15) is 0 Å². The first kappa shape index (κ1) is 25.7. The van der Waals surface area contributed by atoms with Crippen LogP contribution >= 0.6 is 0 Å². The number of para-hydroxylation sites is 2. The molecule has 0 saturated carbocycles. The maximum atomic E-state index is 14.3. The summed E-state index contributed by atoms with van der Waals surface area (Å²) < 4.78 is 14.2. The number of aromatic nitrogens is 1. The first-order valence-electron chi connectivity index (χ1n) is 13.9. The molecular weight excluding hydrogens is 531 g/mol. The maximum absolute atomic E-state index is 14.3. The fourth-order valence-corrected chi connectivity index (χ4v) is 6.16. The van der Waals surface area contributed by atoms with Crippen LogP contribution in [0, 0.1) is 12.7 Å². The van der Waals surface area contributed by atoms with Crippen molar-refractivity contribution >= 4 is 34.4 Å². The minimum atomic E-state index is -0.745. The van der Waals surface area contributed by atoms with E-state index in [4.69, 9.17) is 0 Å². The number of benzene rings is 4. The molecule has 8 heteroatoms. The van der Waals surface area contributed by atoms with Gasteiger partial charge < -0.3 is 10.3 Å². The summed E-state index contributed by atoms with van der Waals surface area (Å²) in [6.45, 7) is 1.97. The number of rotatable bonds is 5. The van der Waals surface area contributed by atoms with Crippen molar-refractivity contribution in [2.45, 2.75) is 32.0 Å². The number of nitrogens with one attached hydrogen (secondary N) is 2. The molecule has 2 atom stereocenters. The number of urea groups is 1. The van der Waals surface area contributed by atoms with Gasteiger partial charge in [0.05, 0.1) is 11.3 Å². The molecule has 4 aromatic carbocycles. The Labute approximate surface area is 241 Å². The second-order valence-corrected chi connectivity index (χ2v) is 10.8. The highest BCUT2D eigenvalue weighted by Gasteiger charge is 2.53. The van der Waals surface area contributed by atoms with Crippen molar-refractivity contribution in [2.24, 2.45) is 0 Å². The molecule has 2 aliphatic rings. The lowest BCUT2D eigenvalue weighted by Gasteiger charge is -2.36. The summed E-state index contributed by atoms with van der Waals surface area (Å²) in [6.07, 6.45) is 0.352. The highest BCUT2D eigenvalue weighted by atomic mass is 19.1. The molecule has 0 spiro atoms. The number of anilines is 1. The molecule has 1 fully saturated rings. The molecule has 4 amide bonds. The van der Waals surface area contributed by atoms with Gasteiger partial charge in [0, 0.05) is 35.1 Å². The van der Waals surface area contributed by atoms with Crippen LogP contribution in [-0.2, 0) is 17.8 Å². The Kier molecular flexibility index (Phi) is 6.12. The normalized spacial score (nSPS) is 17.9. The molecule has 2 N–H and O–H groups in total. The second kappa shape index (κ2) is 9.99. The summed E-state index contributed by atoms with van der Waals surface area (Å²) in [4.78, 5) is 48.0. The number of imide groups is 1. The Morgan fingerprint density at radius 1 is 0.929 bits per heavy atom. The van der Waals surface area contributed by atoms with Gasteiger partial charge in [0.15, 0.2) is 0 Å². The van der Waals surface area contributed by atoms with Crippen molar-refractivity contribution in [3.05, 3.63) is 136 Å². The van der Waals surface area contributed by atoms with Crippen molar-refractivity contribution in [3.8, 4) is 0 Å². The number of nitrogens with zero attached hydrogens (tertiary/aromatic N) is 2. The van der Waals surface area contributed by atoms with E-state index in [1.165, 1.54) is 6.07 Å². The number of carbonyl (C=O) groups is 3. The third kappa shape index (κ3) is 4.06. The van der Waals surface area contributed by atoms with E-state index in [1.807, 2.05) is 55.5 Å². The predicted molar refractivity (Wildman–Crippen MR) is 158 cm³/mol. The van der Waals surface area contributed by atoms with E-state index in [-0.39, 0.29) is 23.7 Å². The molecule has 3 heterocycles. The van der Waals surface area contributed by atoms with Gasteiger partial charge in [0.25, 0.3) is 11.8 Å². The van der Waals surface area contributed by atoms with Crippen LogP contribution in [0.3, 0.4) is 0 Å². The van der Waals surface area contributed by atoms with Gasteiger partial charge in [-0.1, -0.05) is 78.4 Å². The smallest absolute Gasteiger partial charge is 0.332 e. The summed E-state index contributed by atoms with van der Waals surface area (Å²) >= 11 is 0. The molecule has 0 radical (unpaired) electrons. The fraction of sp³-hybridized carbons (Fsp3) is 0.147. The molecule has 7 rings (SSSR count). The summed E-state index contributed by atoms with van der Waals surface area (Å²) in [5.41, 5.74) is 5.51. The van der Waals surface area contributed by atoms with Gasteiger partial charge in [0.2, 0.25) is 0 Å². The average molecular weight is 559 g/mol. The highest BCUT2D eigenvalue weighted by molar-refractivity contribution is 6.24. The molecule has 0 bridgehead atoms. The molecule has 1 aromatic heterocycles. The van der Waals surface area contributed by atoms with E-state index in [0.29, 0.717) is 12.0 Å². The molecule has 2 aliphatic heterocycles. The molecule has 1 saturated heterocycles. The van der Waals surface area contributed by atoms with Crippen LogP contribution < -0.4 is 10.2 Å². The molecule has 0 unspecified atom stereocenters. The lowest BCUT2D eigenvalue weighted by molar-refractivity contribution is -0.120. The molecule has 5 aromatic rings. The zero-order chi connectivity index (χ0) is 29.0. The van der Waals surface area contributed by atoms with Crippen molar-refractivity contribution in [3.63, 3.8) is 0 Å². The van der Waals surface area contributed by atoms with Crippen LogP contribution in [0.5, 0.6) is 0 Å². The number of halogens is 1. The van der Waals surface area contributed by atoms with Crippen LogP contribution in [0.4, 0.5) is 14.9 Å². The molecule has 7 nitrogen and oxygen atoms in total. The third-order valence-corrected chi connectivity index (χ3v) is 8.23. The van der Waals surface area contributed by atoms with Crippen LogP contribution in [0.15, 0.2) is 97.1 Å². The summed E-state index contributed by atoms with van der Waals surface area (Å²) in [5, 5.41) is 3.76. The monoisotopic (exact) mass is 558 g/mol. The molecule has 0 aliphatic carbocycles. The number of hydrogen-bond donors (Lipinski definition) is 2. The Hall–Kier alpha value is -5.24. The summed E-state index contributed by atoms with van der Waals surface area (Å²) in [7, 11) is 0. The van der Waals surface area contributed by atoms with E-state index in [0.717, 1.165) is 38.2 Å². The standard InChI is InChI=1S/C34H27FN4O3/c1-20-14-16-21(17-15-20)31-30-25(23-9-3-6-12-27(23)37-30)18-29-33(41)39(34(42)38(29)31)28-13-7-4-10-24(28)32(40)36-19-22-8-2-5-11-26(22)35/h2-17,29,31,37H,18-19H2,1H3,(H,36,40)/t29-,31+/m0/s1. The van der Waals surface area contributed by atoms with Crippen molar-refractivity contribution in [1.82, 2.24) is 15.2 Å². The number of aryl methyl sites for hydroxylation is 1. The van der Waals surface area contributed by atoms with Gasteiger partial charge in [-0.3, -0.25) is 14.5 Å². The zero-order valence-electron chi connectivity index (χ0n) is 22.8. The zero-order valence-corrected chi connectivity index (χ0v) is 22.8. The van der Waals surface area contributed by atoms with Crippen LogP contribution in [0.25, 0.3) is 10.9 Å². The van der Waals surface area contributed by atoms with E-state index >= 15 is 0 Å². The van der Waals surface area contributed by atoms with Gasteiger partial charge in [0.1, 0.15) is 17.9 Å². The number of aromatic amines is 1. The predicted octanol–water partition coefficient (Wildman–Crippen LogP) is 6.03. The molecule has 208 valence electrons. The Morgan fingerprint density at radius 3 is 2.45 bits per heavy atom. The van der Waals surface area contributed by atoms with Gasteiger partial charge in [-0.15, -0.1) is 0 Å². The van der Waals surface area contributed by atoms with E-state index in [9.17, 15) is 18.8 Å². The Balaban J connectivity index is 1.28. The number of fused-ring (bicyclic) bond motifs is 4. The first-order valence-corrected chi connectivity index (χ1v) is 13.9. The lowest BCUT2D eigenvalue weighted by Crippen LogP contribution is -2.44. The topological polar surface area (TPSA) is 85.5 Å². The number of H-pyrrole nitrogens is 1. The summed E-state index contributed by atoms with van der Waals surface area (Å²) in [5.74, 6) is -1.32. The first-order chi connectivity index (χ1) is 20.4. The van der Waals surface area contributed by atoms with Gasteiger partial charge >= 0.3 is 6.03 Å². The number of amides is 4. The van der Waals surface area contributed by atoms with Gasteiger partial charge in [-0.05, 0) is 42.3 Å². The van der Waals surface area contributed by atoms with Crippen molar-refractivity contribution in [1.29, 1.82) is 0 Å². The van der Waals surface area contributed by atoms with Crippen LogP contribution in [0.1, 0.15) is 44.3 Å². The highest BCUT2D eigenvalue weighted by Crippen LogP contribution is 2.45. The van der Waals surface area contributed by atoms with E-state index in [1.54, 1.807) is 47.4 Å². The van der Waals surface area contributed by atoms with E-state index in [2.05, 4.69) is 10.3 Å². The molecular formula is C34H27FN4O3. The second-order valence-electron chi connectivity index (χ2n) is 10.8. The van der Waals surface area contributed by atoms with Crippen LogP contribution in [-0.4, -0.2) is 33.8 Å². The SMILES string of the molecule is Cc1ccc([C@@H]2c3[nH]c4ccccc4c3C[C@H]3C(=O)N(c4ccccc4C(=O)NCc4ccccc4F)C(=O)N23)cc1. The van der Waals surface area contributed by atoms with Gasteiger partial charge in [-0.25, -0.2) is 14.1 Å². The minimum Gasteiger partial charge on any atom is -0.356 e. The average Bonchev–Trinajstić information content (AvgIpc) is 3.50. The number of hydrogen-bond acceptors (Lipinski definition) is 3. The van der Waals surface area contributed by atoms with E-state index < -0.39 is 29.8 Å². The maximum Gasteiger partial charge on any atom is 0.332 e. The quantitative estimate of drug-likeness (QED) is 0.259. The van der Waals surface area contributed by atoms with Crippen molar-refractivity contribution < 1.29 is 18.8 Å². The lowest BCUT2D eigenvalue weighted by atomic mass is 9.88.